The Bertz CT molecular complexity index is 789. The lowest BCUT2D eigenvalue weighted by molar-refractivity contribution is 0.322. The molecule has 1 fully saturated rings. The van der Waals surface area contributed by atoms with E-state index in [0.29, 0.717) is 25.1 Å². The zero-order valence-corrected chi connectivity index (χ0v) is 20.1. The lowest BCUT2D eigenvalue weighted by atomic mass is 10.2. The zero-order chi connectivity index (χ0) is 19.1. The minimum Gasteiger partial charge on any atom is -0.478 e. The number of rotatable bonds is 6. The second kappa shape index (κ2) is 11.5. The van der Waals surface area contributed by atoms with Gasteiger partial charge < -0.3 is 20.3 Å². The predicted molar refractivity (Wildman–Crippen MR) is 129 cm³/mol. The van der Waals surface area contributed by atoms with E-state index in [9.17, 15) is 0 Å². The van der Waals surface area contributed by atoms with Gasteiger partial charge in [-0.05, 0) is 47.5 Å². The van der Waals surface area contributed by atoms with Gasteiger partial charge in [-0.25, -0.2) is 4.98 Å². The van der Waals surface area contributed by atoms with Crippen molar-refractivity contribution in [2.45, 2.75) is 25.9 Å². The molecular formula is C20H27BrIN5O. The number of anilines is 1. The van der Waals surface area contributed by atoms with Crippen LogP contribution < -0.4 is 20.3 Å². The normalized spacial score (nSPS) is 16.5. The van der Waals surface area contributed by atoms with Crippen molar-refractivity contribution in [2.75, 3.05) is 31.6 Å². The van der Waals surface area contributed by atoms with Crippen molar-refractivity contribution in [1.29, 1.82) is 0 Å². The summed E-state index contributed by atoms with van der Waals surface area (Å²) >= 11 is 3.65. The monoisotopic (exact) mass is 559 g/mol. The highest BCUT2D eigenvalue weighted by atomic mass is 127. The summed E-state index contributed by atoms with van der Waals surface area (Å²) in [5.41, 5.74) is 2.25. The van der Waals surface area contributed by atoms with Gasteiger partial charge in [-0.2, -0.15) is 0 Å². The van der Waals surface area contributed by atoms with E-state index in [1.54, 1.807) is 13.2 Å². The summed E-state index contributed by atoms with van der Waals surface area (Å²) < 4.78 is 6.72. The van der Waals surface area contributed by atoms with Crippen LogP contribution in [0.15, 0.2) is 52.1 Å². The van der Waals surface area contributed by atoms with Crippen LogP contribution in [0.5, 0.6) is 5.88 Å². The van der Waals surface area contributed by atoms with Crippen molar-refractivity contribution in [3.05, 3.63) is 52.6 Å². The molecule has 0 spiro atoms. The van der Waals surface area contributed by atoms with E-state index in [-0.39, 0.29) is 24.0 Å². The van der Waals surface area contributed by atoms with Crippen LogP contribution in [0.3, 0.4) is 0 Å². The lowest BCUT2D eigenvalue weighted by Crippen LogP contribution is -2.44. The molecule has 1 aliphatic heterocycles. The molecule has 0 aliphatic carbocycles. The van der Waals surface area contributed by atoms with Crippen LogP contribution in [0.2, 0.25) is 0 Å². The average molecular weight is 560 g/mol. The van der Waals surface area contributed by atoms with E-state index < -0.39 is 0 Å². The molecule has 0 bridgehead atoms. The highest BCUT2D eigenvalue weighted by Crippen LogP contribution is 2.28. The molecule has 1 aromatic carbocycles. The van der Waals surface area contributed by atoms with Crippen molar-refractivity contribution >= 4 is 51.6 Å². The molecule has 3 rings (SSSR count). The second-order valence-electron chi connectivity index (χ2n) is 6.35. The Morgan fingerprint density at radius 3 is 2.89 bits per heavy atom. The Morgan fingerprint density at radius 2 is 2.14 bits per heavy atom. The number of aliphatic imine (C=N–C) groups is 1. The van der Waals surface area contributed by atoms with E-state index in [0.717, 1.165) is 35.5 Å². The van der Waals surface area contributed by atoms with Crippen molar-refractivity contribution in [1.82, 2.24) is 15.6 Å². The zero-order valence-electron chi connectivity index (χ0n) is 16.2. The molecule has 1 saturated heterocycles. The van der Waals surface area contributed by atoms with Crippen molar-refractivity contribution < 1.29 is 4.74 Å². The number of para-hydroxylation sites is 1. The van der Waals surface area contributed by atoms with Gasteiger partial charge in [0.25, 0.3) is 0 Å². The summed E-state index contributed by atoms with van der Waals surface area (Å²) in [5.74, 6) is 1.46. The summed E-state index contributed by atoms with van der Waals surface area (Å²) in [6.07, 6.45) is 2.81. The van der Waals surface area contributed by atoms with Crippen LogP contribution in [0.4, 0.5) is 5.69 Å². The van der Waals surface area contributed by atoms with Crippen LogP contribution in [0.1, 0.15) is 18.9 Å². The fourth-order valence-corrected chi connectivity index (χ4v) is 3.73. The van der Waals surface area contributed by atoms with Gasteiger partial charge in [-0.15, -0.1) is 24.0 Å². The molecule has 1 aromatic heterocycles. The summed E-state index contributed by atoms with van der Waals surface area (Å²) in [4.78, 5) is 11.0. The lowest BCUT2D eigenvalue weighted by Gasteiger charge is -2.21. The number of hydrogen-bond donors (Lipinski definition) is 2. The number of benzene rings is 1. The van der Waals surface area contributed by atoms with Crippen LogP contribution >= 0.6 is 39.9 Å². The average Bonchev–Trinajstić information content (AvgIpc) is 3.15. The third-order valence-corrected chi connectivity index (χ3v) is 5.19. The molecule has 2 heterocycles. The maximum atomic E-state index is 5.59. The Hall–Kier alpha value is -1.55. The minimum atomic E-state index is 0. The van der Waals surface area contributed by atoms with Crippen LogP contribution in [-0.4, -0.2) is 43.7 Å². The highest BCUT2D eigenvalue weighted by molar-refractivity contribution is 14.0. The van der Waals surface area contributed by atoms with E-state index in [4.69, 9.17) is 4.74 Å². The molecule has 1 unspecified atom stereocenters. The molecule has 0 saturated carbocycles. The summed E-state index contributed by atoms with van der Waals surface area (Å²) in [5, 5.41) is 6.90. The molecule has 0 amide bonds. The second-order valence-corrected chi connectivity index (χ2v) is 7.21. The summed E-state index contributed by atoms with van der Waals surface area (Å²) in [6.45, 7) is 5.14. The number of nitrogens with zero attached hydrogens (tertiary/aromatic N) is 3. The SMILES string of the molecule is CCOc1ncccc1CNC(=NC)NC1CCN(c2ccccc2Br)C1.I. The molecule has 0 radical (unpaired) electrons. The predicted octanol–water partition coefficient (Wildman–Crippen LogP) is 3.80. The Morgan fingerprint density at radius 1 is 1.32 bits per heavy atom. The minimum absolute atomic E-state index is 0. The fraction of sp³-hybridized carbons (Fsp3) is 0.400. The summed E-state index contributed by atoms with van der Waals surface area (Å²) in [6, 6.07) is 12.6. The first kappa shape index (κ1) is 22.7. The van der Waals surface area contributed by atoms with Crippen molar-refractivity contribution in [3.8, 4) is 5.88 Å². The van der Waals surface area contributed by atoms with E-state index in [1.807, 2.05) is 25.1 Å². The third-order valence-electron chi connectivity index (χ3n) is 4.52. The Balaban J connectivity index is 0.00000280. The number of aromatic nitrogens is 1. The first-order valence-electron chi connectivity index (χ1n) is 9.24. The van der Waals surface area contributed by atoms with Gasteiger partial charge in [0, 0.05) is 49.0 Å². The van der Waals surface area contributed by atoms with Gasteiger partial charge in [0.1, 0.15) is 0 Å². The van der Waals surface area contributed by atoms with Gasteiger partial charge in [-0.3, -0.25) is 4.99 Å². The third kappa shape index (κ3) is 5.97. The molecule has 28 heavy (non-hydrogen) atoms. The number of pyridine rings is 1. The Labute approximate surface area is 192 Å². The van der Waals surface area contributed by atoms with Crippen molar-refractivity contribution in [3.63, 3.8) is 0 Å². The van der Waals surface area contributed by atoms with Crippen molar-refractivity contribution in [2.24, 2.45) is 4.99 Å². The van der Waals surface area contributed by atoms with Crippen LogP contribution in [-0.2, 0) is 6.54 Å². The van der Waals surface area contributed by atoms with Crippen LogP contribution in [0, 0.1) is 0 Å². The van der Waals surface area contributed by atoms with Gasteiger partial charge >= 0.3 is 0 Å². The van der Waals surface area contributed by atoms with Gasteiger partial charge in [-0.1, -0.05) is 18.2 Å². The first-order valence-corrected chi connectivity index (χ1v) is 10.0. The van der Waals surface area contributed by atoms with Gasteiger partial charge in [0.2, 0.25) is 5.88 Å². The quantitative estimate of drug-likeness (QED) is 0.320. The molecule has 2 N–H and O–H groups in total. The summed E-state index contributed by atoms with van der Waals surface area (Å²) in [7, 11) is 1.79. The number of guanidine groups is 1. The maximum Gasteiger partial charge on any atom is 0.218 e. The topological polar surface area (TPSA) is 61.8 Å². The van der Waals surface area contributed by atoms with E-state index in [2.05, 4.69) is 59.6 Å². The van der Waals surface area contributed by atoms with E-state index >= 15 is 0 Å². The van der Waals surface area contributed by atoms with Gasteiger partial charge in [0.15, 0.2) is 5.96 Å². The van der Waals surface area contributed by atoms with E-state index in [1.165, 1.54) is 5.69 Å². The number of halogens is 2. The van der Waals surface area contributed by atoms with Gasteiger partial charge in [0.05, 0.1) is 12.3 Å². The standard InChI is InChI=1S/C20H26BrN5O.HI/c1-3-27-19-15(7-6-11-23-19)13-24-20(22-2)25-16-10-12-26(14-16)18-9-5-4-8-17(18)21;/h4-9,11,16H,3,10,12-14H2,1-2H3,(H2,22,24,25);1H. The first-order chi connectivity index (χ1) is 13.2. The molecular weight excluding hydrogens is 533 g/mol. The highest BCUT2D eigenvalue weighted by Gasteiger charge is 2.24. The number of hydrogen-bond acceptors (Lipinski definition) is 4. The molecule has 1 atom stereocenters. The molecule has 1 aliphatic rings. The molecule has 6 nitrogen and oxygen atoms in total. The number of ether oxygens (including phenoxy) is 1. The maximum absolute atomic E-state index is 5.59. The Kier molecular flexibility index (Phi) is 9.30. The molecule has 2 aromatic rings. The molecule has 152 valence electrons. The fourth-order valence-electron chi connectivity index (χ4n) is 3.20. The largest absolute Gasteiger partial charge is 0.478 e. The smallest absolute Gasteiger partial charge is 0.218 e. The number of nitrogens with one attached hydrogen (secondary N) is 2. The molecule has 8 heteroatoms. The van der Waals surface area contributed by atoms with Crippen LogP contribution in [0.25, 0.3) is 0 Å².